The molecule has 31 heavy (non-hydrogen) atoms. The normalized spacial score (nSPS) is 16.8. The molecular formula is C18H19F11O2. The van der Waals surface area contributed by atoms with E-state index in [1.54, 1.807) is 20.8 Å². The zero-order valence-corrected chi connectivity index (χ0v) is 16.5. The zero-order valence-electron chi connectivity index (χ0n) is 16.5. The van der Waals surface area contributed by atoms with Crippen LogP contribution in [0.5, 0.6) is 5.75 Å². The van der Waals surface area contributed by atoms with Gasteiger partial charge in [0, 0.05) is 0 Å². The Labute approximate surface area is 170 Å². The maximum atomic E-state index is 14.0. The van der Waals surface area contributed by atoms with E-state index in [0.29, 0.717) is 6.92 Å². The van der Waals surface area contributed by atoms with Gasteiger partial charge >= 0.3 is 29.9 Å². The standard InChI is InChI=1S/C18H19F11O2/c1-12(2,3)31-11-7-5-10(6-8-11)13(4,30)9-14(19,20)15(21,22)16(23,24)17(25,26)18(27,28)29/h5-8,30H,9H2,1-4H3. The minimum absolute atomic E-state index is 0.153. The Bertz CT molecular complexity index is 760. The van der Waals surface area contributed by atoms with Gasteiger partial charge in [0.2, 0.25) is 0 Å². The molecule has 180 valence electrons. The molecule has 0 radical (unpaired) electrons. The first-order valence-electron chi connectivity index (χ1n) is 8.49. The second-order valence-corrected chi connectivity index (χ2v) is 8.11. The molecule has 1 aromatic rings. The molecule has 13 heteroatoms. The topological polar surface area (TPSA) is 29.5 Å². The van der Waals surface area contributed by atoms with Gasteiger partial charge in [0.15, 0.2) is 0 Å². The summed E-state index contributed by atoms with van der Waals surface area (Å²) in [5.41, 5.74) is -4.25. The van der Waals surface area contributed by atoms with Crippen molar-refractivity contribution in [3.05, 3.63) is 29.8 Å². The van der Waals surface area contributed by atoms with E-state index in [0.717, 1.165) is 24.3 Å². The molecular weight excluding hydrogens is 457 g/mol. The lowest BCUT2D eigenvalue weighted by atomic mass is 9.85. The fourth-order valence-electron chi connectivity index (χ4n) is 2.49. The highest BCUT2D eigenvalue weighted by Crippen LogP contribution is 2.59. The quantitative estimate of drug-likeness (QED) is 0.452. The average Bonchev–Trinajstić information content (AvgIpc) is 2.51. The zero-order chi connectivity index (χ0) is 24.9. The van der Waals surface area contributed by atoms with Crippen LogP contribution >= 0.6 is 0 Å². The van der Waals surface area contributed by atoms with E-state index in [2.05, 4.69) is 0 Å². The van der Waals surface area contributed by atoms with Crippen LogP contribution in [0.25, 0.3) is 0 Å². The maximum Gasteiger partial charge on any atom is 0.460 e. The second-order valence-electron chi connectivity index (χ2n) is 8.11. The van der Waals surface area contributed by atoms with E-state index in [4.69, 9.17) is 4.74 Å². The van der Waals surface area contributed by atoms with Crippen LogP contribution in [0.4, 0.5) is 48.3 Å². The van der Waals surface area contributed by atoms with Crippen LogP contribution in [0.15, 0.2) is 24.3 Å². The summed E-state index contributed by atoms with van der Waals surface area (Å²) in [5.74, 6) is -28.2. The molecule has 0 aliphatic heterocycles. The summed E-state index contributed by atoms with van der Waals surface area (Å²) in [7, 11) is 0. The van der Waals surface area contributed by atoms with Gasteiger partial charge in [0.25, 0.3) is 0 Å². The molecule has 1 atom stereocenters. The van der Waals surface area contributed by atoms with E-state index in [1.165, 1.54) is 0 Å². The molecule has 1 aromatic carbocycles. The molecule has 2 nitrogen and oxygen atoms in total. The van der Waals surface area contributed by atoms with Gasteiger partial charge in [0.1, 0.15) is 11.4 Å². The van der Waals surface area contributed by atoms with Crippen molar-refractivity contribution in [3.8, 4) is 5.75 Å². The van der Waals surface area contributed by atoms with Gasteiger partial charge in [-0.05, 0) is 45.4 Å². The van der Waals surface area contributed by atoms with Crippen molar-refractivity contribution in [2.45, 2.75) is 75.2 Å². The van der Waals surface area contributed by atoms with Crippen molar-refractivity contribution in [3.63, 3.8) is 0 Å². The molecule has 0 amide bonds. The first-order valence-corrected chi connectivity index (χ1v) is 8.49. The van der Waals surface area contributed by atoms with Crippen molar-refractivity contribution in [2.75, 3.05) is 0 Å². The van der Waals surface area contributed by atoms with Crippen LogP contribution in [-0.2, 0) is 5.60 Å². The van der Waals surface area contributed by atoms with Crippen molar-refractivity contribution < 1.29 is 58.1 Å². The van der Waals surface area contributed by atoms with Gasteiger partial charge in [-0.3, -0.25) is 0 Å². The minimum atomic E-state index is -7.51. The Kier molecular flexibility index (Phi) is 6.73. The highest BCUT2D eigenvalue weighted by Gasteiger charge is 2.87. The molecule has 1 unspecified atom stereocenters. The minimum Gasteiger partial charge on any atom is -0.488 e. The van der Waals surface area contributed by atoms with E-state index in [-0.39, 0.29) is 5.75 Å². The van der Waals surface area contributed by atoms with E-state index in [1.807, 2.05) is 0 Å². The number of halogens is 11. The number of alkyl halides is 11. The Morgan fingerprint density at radius 1 is 0.677 bits per heavy atom. The van der Waals surface area contributed by atoms with Crippen molar-refractivity contribution >= 4 is 0 Å². The lowest BCUT2D eigenvalue weighted by Crippen LogP contribution is -2.67. The number of hydrogen-bond donors (Lipinski definition) is 1. The van der Waals surface area contributed by atoms with Gasteiger partial charge in [0.05, 0.1) is 12.0 Å². The van der Waals surface area contributed by atoms with Crippen molar-refractivity contribution in [2.24, 2.45) is 0 Å². The first-order chi connectivity index (χ1) is 13.4. The SMILES string of the molecule is CC(C)(C)Oc1ccc(C(C)(O)CC(F)(F)C(F)(F)C(F)(F)C(F)(F)C(F)(F)F)cc1. The van der Waals surface area contributed by atoms with Crippen LogP contribution in [0.2, 0.25) is 0 Å². The summed E-state index contributed by atoms with van der Waals surface area (Å²) >= 11 is 0. The average molecular weight is 476 g/mol. The van der Waals surface area contributed by atoms with Gasteiger partial charge in [-0.1, -0.05) is 12.1 Å². The molecule has 0 aromatic heterocycles. The molecule has 1 N–H and O–H groups in total. The summed E-state index contributed by atoms with van der Waals surface area (Å²) in [6.07, 6.45) is -9.82. The summed E-state index contributed by atoms with van der Waals surface area (Å²) in [6.45, 7) is 5.43. The summed E-state index contributed by atoms with van der Waals surface area (Å²) in [4.78, 5) is 0. The Hall–Kier alpha value is -1.79. The predicted molar refractivity (Wildman–Crippen MR) is 86.9 cm³/mol. The number of benzene rings is 1. The highest BCUT2D eigenvalue weighted by atomic mass is 19.4. The third-order valence-electron chi connectivity index (χ3n) is 4.07. The Balaban J connectivity index is 3.26. The van der Waals surface area contributed by atoms with Gasteiger partial charge in [-0.25, -0.2) is 0 Å². The smallest absolute Gasteiger partial charge is 0.460 e. The largest absolute Gasteiger partial charge is 0.488 e. The second kappa shape index (κ2) is 7.66. The number of aliphatic hydroxyl groups is 1. The molecule has 0 saturated carbocycles. The molecule has 0 fully saturated rings. The van der Waals surface area contributed by atoms with Gasteiger partial charge in [-0.15, -0.1) is 0 Å². The molecule has 0 spiro atoms. The third-order valence-corrected chi connectivity index (χ3v) is 4.07. The van der Waals surface area contributed by atoms with Crippen LogP contribution in [0.1, 0.15) is 39.7 Å². The summed E-state index contributed by atoms with van der Waals surface area (Å²) in [5, 5.41) is 10.1. The third kappa shape index (κ3) is 5.17. The molecule has 0 saturated heterocycles. The van der Waals surface area contributed by atoms with Crippen LogP contribution in [0, 0.1) is 0 Å². The summed E-state index contributed by atoms with van der Waals surface area (Å²) < 4.78 is 150. The Morgan fingerprint density at radius 2 is 1.10 bits per heavy atom. The lowest BCUT2D eigenvalue weighted by Gasteiger charge is -2.39. The number of ether oxygens (including phenoxy) is 1. The van der Waals surface area contributed by atoms with Crippen LogP contribution in [-0.4, -0.2) is 40.6 Å². The highest BCUT2D eigenvalue weighted by molar-refractivity contribution is 5.31. The number of hydrogen-bond acceptors (Lipinski definition) is 2. The van der Waals surface area contributed by atoms with Gasteiger partial charge in [-0.2, -0.15) is 48.3 Å². The molecule has 1 rings (SSSR count). The Morgan fingerprint density at radius 3 is 1.45 bits per heavy atom. The molecule has 0 heterocycles. The monoisotopic (exact) mass is 476 g/mol. The fraction of sp³-hybridized carbons (Fsp3) is 0.667. The van der Waals surface area contributed by atoms with E-state index in [9.17, 15) is 53.4 Å². The molecule has 0 aliphatic rings. The van der Waals surface area contributed by atoms with Crippen LogP contribution < -0.4 is 4.74 Å². The summed E-state index contributed by atoms with van der Waals surface area (Å²) in [6, 6.07) is 4.07. The lowest BCUT2D eigenvalue weighted by molar-refractivity contribution is -0.424. The van der Waals surface area contributed by atoms with Crippen molar-refractivity contribution in [1.82, 2.24) is 0 Å². The first kappa shape index (κ1) is 27.2. The predicted octanol–water partition coefficient (Wildman–Crippen LogP) is 6.57. The maximum absolute atomic E-state index is 14.0. The van der Waals surface area contributed by atoms with E-state index >= 15 is 0 Å². The van der Waals surface area contributed by atoms with Crippen LogP contribution in [0.3, 0.4) is 0 Å². The molecule has 0 bridgehead atoms. The number of rotatable bonds is 7. The molecule has 0 aliphatic carbocycles. The van der Waals surface area contributed by atoms with E-state index < -0.39 is 53.1 Å². The van der Waals surface area contributed by atoms with Gasteiger partial charge < -0.3 is 9.84 Å². The van der Waals surface area contributed by atoms with Crippen molar-refractivity contribution in [1.29, 1.82) is 0 Å². The fourth-order valence-corrected chi connectivity index (χ4v) is 2.49.